The fourth-order valence-corrected chi connectivity index (χ4v) is 4.28. The molecule has 0 unspecified atom stereocenters. The molecule has 7 nitrogen and oxygen atoms in total. The molecule has 158 valence electrons. The first-order valence-corrected chi connectivity index (χ1v) is 10.5. The smallest absolute Gasteiger partial charge is 0.348 e. The number of halogens is 1. The Hall–Kier alpha value is -2.84. The minimum absolute atomic E-state index is 0.262. The molecule has 0 amide bonds. The molecule has 1 aromatic carbocycles. The van der Waals surface area contributed by atoms with Crippen molar-refractivity contribution in [1.29, 1.82) is 0 Å². The van der Waals surface area contributed by atoms with E-state index in [0.717, 1.165) is 16.9 Å². The van der Waals surface area contributed by atoms with E-state index in [9.17, 15) is 9.59 Å². The maximum atomic E-state index is 12.6. The molecule has 0 radical (unpaired) electrons. The van der Waals surface area contributed by atoms with Crippen molar-refractivity contribution in [2.24, 2.45) is 0 Å². The summed E-state index contributed by atoms with van der Waals surface area (Å²) in [5, 5.41) is 0.812. The van der Waals surface area contributed by atoms with E-state index in [-0.39, 0.29) is 12.2 Å². The molecular weight excluding hydrogens is 428 g/mol. The van der Waals surface area contributed by atoms with Crippen LogP contribution in [0.2, 0.25) is 5.02 Å². The molecule has 0 atom stereocenters. The lowest BCUT2D eigenvalue weighted by atomic mass is 10.2. The number of aromatic amines is 1. The van der Waals surface area contributed by atoms with E-state index in [1.807, 2.05) is 6.92 Å². The highest BCUT2D eigenvalue weighted by atomic mass is 35.5. The van der Waals surface area contributed by atoms with Gasteiger partial charge in [0.15, 0.2) is 11.5 Å². The average Bonchev–Trinajstić information content (AvgIpc) is 3.05. The number of nitrogens with one attached hydrogen (secondary N) is 1. The van der Waals surface area contributed by atoms with E-state index < -0.39 is 5.97 Å². The largest absolute Gasteiger partial charge is 0.493 e. The third-order valence-corrected chi connectivity index (χ3v) is 5.70. The summed E-state index contributed by atoms with van der Waals surface area (Å²) in [6.07, 6.45) is 3.41. The zero-order valence-corrected chi connectivity index (χ0v) is 18.6. The van der Waals surface area contributed by atoms with Gasteiger partial charge in [-0.2, -0.15) is 0 Å². The van der Waals surface area contributed by atoms with Gasteiger partial charge in [0.2, 0.25) is 0 Å². The van der Waals surface area contributed by atoms with Gasteiger partial charge in [0.05, 0.1) is 30.7 Å². The van der Waals surface area contributed by atoms with Crippen molar-refractivity contribution in [2.75, 3.05) is 20.3 Å². The number of carbonyl (C=O) groups excluding carboxylic acids is 1. The molecule has 3 rings (SSSR count). The van der Waals surface area contributed by atoms with Crippen molar-refractivity contribution in [2.45, 2.75) is 20.8 Å². The number of H-pyrrole nitrogens is 1. The van der Waals surface area contributed by atoms with Gasteiger partial charge in [-0.3, -0.25) is 4.79 Å². The van der Waals surface area contributed by atoms with E-state index >= 15 is 0 Å². The number of aryl methyl sites for hydroxylation is 1. The summed E-state index contributed by atoms with van der Waals surface area (Å²) in [4.78, 5) is 32.7. The molecule has 30 heavy (non-hydrogen) atoms. The van der Waals surface area contributed by atoms with E-state index in [2.05, 4.69) is 9.97 Å². The third-order valence-electron chi connectivity index (χ3n) is 4.25. The SMILES string of the molecule is CCOC(=O)c1sc2nc(C=Cc3cc(Cl)c(OCC)c(OC)c3)[nH]c(=O)c2c1C. The number of hydrogen-bond donors (Lipinski definition) is 1. The average molecular weight is 449 g/mol. The van der Waals surface area contributed by atoms with Crippen LogP contribution in [0.25, 0.3) is 22.4 Å². The number of carbonyl (C=O) groups is 1. The Bertz CT molecular complexity index is 1180. The van der Waals surface area contributed by atoms with Crippen molar-refractivity contribution < 1.29 is 19.0 Å². The van der Waals surface area contributed by atoms with Gasteiger partial charge in [0.1, 0.15) is 15.5 Å². The standard InChI is InChI=1S/C21H21ClN2O5S/c1-5-28-17-13(22)9-12(10-14(17)27-4)7-8-15-23-19(25)16-11(3)18(21(26)29-6-2)30-20(16)24-15/h7-10H,5-6H2,1-4H3,(H,23,24,25). The van der Waals surface area contributed by atoms with E-state index in [4.69, 9.17) is 25.8 Å². The molecule has 0 saturated heterocycles. The van der Waals surface area contributed by atoms with Gasteiger partial charge in [-0.15, -0.1) is 11.3 Å². The summed E-state index contributed by atoms with van der Waals surface area (Å²) >= 11 is 7.44. The van der Waals surface area contributed by atoms with Gasteiger partial charge in [-0.05, 0) is 50.1 Å². The highest BCUT2D eigenvalue weighted by molar-refractivity contribution is 7.20. The van der Waals surface area contributed by atoms with Crippen LogP contribution in [-0.2, 0) is 4.74 Å². The topological polar surface area (TPSA) is 90.5 Å². The molecule has 9 heteroatoms. The Labute approximate surface area is 182 Å². The van der Waals surface area contributed by atoms with Crippen LogP contribution in [0.4, 0.5) is 0 Å². The second kappa shape index (κ2) is 9.32. The van der Waals surface area contributed by atoms with Crippen LogP contribution in [0.1, 0.15) is 40.5 Å². The number of fused-ring (bicyclic) bond motifs is 1. The molecule has 0 aliphatic rings. The van der Waals surface area contributed by atoms with Crippen LogP contribution in [0.15, 0.2) is 16.9 Å². The van der Waals surface area contributed by atoms with Gasteiger partial charge in [-0.1, -0.05) is 17.7 Å². The Kier molecular flexibility index (Phi) is 6.79. The highest BCUT2D eigenvalue weighted by Crippen LogP contribution is 2.37. The summed E-state index contributed by atoms with van der Waals surface area (Å²) in [7, 11) is 1.54. The molecule has 3 aromatic rings. The first-order valence-electron chi connectivity index (χ1n) is 9.28. The van der Waals surface area contributed by atoms with Crippen molar-refractivity contribution >= 4 is 51.3 Å². The number of hydrogen-bond acceptors (Lipinski definition) is 7. The minimum Gasteiger partial charge on any atom is -0.493 e. The number of rotatable bonds is 7. The summed E-state index contributed by atoms with van der Waals surface area (Å²) < 4.78 is 15.9. The molecule has 2 heterocycles. The predicted octanol–water partition coefficient (Wildman–Crippen LogP) is 4.70. The highest BCUT2D eigenvalue weighted by Gasteiger charge is 2.20. The van der Waals surface area contributed by atoms with Crippen LogP contribution >= 0.6 is 22.9 Å². The molecule has 0 saturated carbocycles. The second-order valence-electron chi connectivity index (χ2n) is 6.21. The van der Waals surface area contributed by atoms with Gasteiger partial charge >= 0.3 is 5.97 Å². The lowest BCUT2D eigenvalue weighted by Crippen LogP contribution is -2.10. The Morgan fingerprint density at radius 2 is 2.03 bits per heavy atom. The fourth-order valence-electron chi connectivity index (χ4n) is 2.93. The normalized spacial score (nSPS) is 11.2. The zero-order valence-electron chi connectivity index (χ0n) is 17.0. The molecule has 0 fully saturated rings. The quantitative estimate of drug-likeness (QED) is 0.527. The van der Waals surface area contributed by atoms with Gasteiger partial charge in [0, 0.05) is 0 Å². The van der Waals surface area contributed by atoms with Crippen LogP contribution in [0.3, 0.4) is 0 Å². The summed E-state index contributed by atoms with van der Waals surface area (Å²) in [5.74, 6) is 0.889. The molecule has 0 aliphatic heterocycles. The molecular formula is C21H21ClN2O5S. The first kappa shape index (κ1) is 21.9. The Morgan fingerprint density at radius 1 is 1.27 bits per heavy atom. The predicted molar refractivity (Wildman–Crippen MR) is 119 cm³/mol. The lowest BCUT2D eigenvalue weighted by Gasteiger charge is -2.11. The molecule has 1 N–H and O–H groups in total. The number of ether oxygens (including phenoxy) is 3. The summed E-state index contributed by atoms with van der Waals surface area (Å²) in [5.41, 5.74) is 1.00. The van der Waals surface area contributed by atoms with Gasteiger partial charge < -0.3 is 19.2 Å². The van der Waals surface area contributed by atoms with Crippen molar-refractivity contribution in [3.8, 4) is 11.5 Å². The molecule has 0 aliphatic carbocycles. The lowest BCUT2D eigenvalue weighted by molar-refractivity contribution is 0.0531. The van der Waals surface area contributed by atoms with Crippen molar-refractivity contribution in [1.82, 2.24) is 9.97 Å². The number of esters is 1. The molecule has 0 bridgehead atoms. The maximum Gasteiger partial charge on any atom is 0.348 e. The second-order valence-corrected chi connectivity index (χ2v) is 7.61. The van der Waals surface area contributed by atoms with Gasteiger partial charge in [-0.25, -0.2) is 9.78 Å². The van der Waals surface area contributed by atoms with Crippen molar-refractivity contribution in [3.63, 3.8) is 0 Å². The Balaban J connectivity index is 1.98. The third kappa shape index (κ3) is 4.34. The number of methoxy groups -OCH3 is 1. The number of nitrogens with zero attached hydrogens (tertiary/aromatic N) is 1. The van der Waals surface area contributed by atoms with Gasteiger partial charge in [0.25, 0.3) is 5.56 Å². The summed E-state index contributed by atoms with van der Waals surface area (Å²) in [6, 6.07) is 3.51. The number of benzene rings is 1. The van der Waals surface area contributed by atoms with Crippen LogP contribution < -0.4 is 15.0 Å². The summed E-state index contributed by atoms with van der Waals surface area (Å²) in [6.45, 7) is 6.03. The van der Waals surface area contributed by atoms with Crippen LogP contribution in [0, 0.1) is 6.92 Å². The van der Waals surface area contributed by atoms with E-state index in [1.165, 1.54) is 7.11 Å². The fraction of sp³-hybridized carbons (Fsp3) is 0.286. The number of aromatic nitrogens is 2. The van der Waals surface area contributed by atoms with Crippen LogP contribution in [0.5, 0.6) is 11.5 Å². The van der Waals surface area contributed by atoms with Crippen LogP contribution in [-0.4, -0.2) is 36.3 Å². The maximum absolute atomic E-state index is 12.6. The Morgan fingerprint density at radius 3 is 2.70 bits per heavy atom. The molecule has 2 aromatic heterocycles. The monoisotopic (exact) mass is 448 g/mol. The zero-order chi connectivity index (χ0) is 21.8. The molecule has 0 spiro atoms. The minimum atomic E-state index is -0.453. The number of thiophene rings is 1. The first-order chi connectivity index (χ1) is 14.4. The van der Waals surface area contributed by atoms with Crippen molar-refractivity contribution in [3.05, 3.63) is 49.3 Å². The van der Waals surface area contributed by atoms with E-state index in [1.54, 1.807) is 38.1 Å². The van der Waals surface area contributed by atoms with E-state index in [0.29, 0.717) is 49.6 Å².